The van der Waals surface area contributed by atoms with Crippen LogP contribution in [0.2, 0.25) is 0 Å². The van der Waals surface area contributed by atoms with Crippen molar-refractivity contribution in [1.82, 2.24) is 0 Å². The minimum atomic E-state index is -0.799. The van der Waals surface area contributed by atoms with Gasteiger partial charge in [0.05, 0.1) is 30.6 Å². The highest BCUT2D eigenvalue weighted by molar-refractivity contribution is 5.96. The van der Waals surface area contributed by atoms with Gasteiger partial charge in [-0.1, -0.05) is 19.8 Å². The summed E-state index contributed by atoms with van der Waals surface area (Å²) in [6.07, 6.45) is 2.31. The van der Waals surface area contributed by atoms with Crippen molar-refractivity contribution >= 4 is 40.8 Å². The summed E-state index contributed by atoms with van der Waals surface area (Å²) in [6.45, 7) is 1.72. The maximum absolute atomic E-state index is 12.1. The lowest BCUT2D eigenvalue weighted by molar-refractivity contribution is -0.383. The smallest absolute Gasteiger partial charge is 0.338 e. The second-order valence-electron chi connectivity index (χ2n) is 7.82. The summed E-state index contributed by atoms with van der Waals surface area (Å²) in [4.78, 5) is 58.5. The van der Waals surface area contributed by atoms with Crippen LogP contribution in [0, 0.1) is 10.1 Å². The van der Waals surface area contributed by atoms with Crippen molar-refractivity contribution < 1.29 is 38.3 Å². The topological polar surface area (TPSA) is 163 Å². The van der Waals surface area contributed by atoms with E-state index in [-0.39, 0.29) is 24.2 Å². The lowest BCUT2D eigenvalue weighted by atomic mass is 10.2. The standard InChI is InChI=1S/C25H29N3O9/c1-3-4-5-14-36-25(32)17-6-8-18(9-7-17)26-22(29)12-13-24(31)37-16-23(30)27-20-15-19(35-2)10-11-21(20)28(33)34/h6-11,15H,3-5,12-14,16H2,1-2H3,(H,26,29)(H,27,30). The van der Waals surface area contributed by atoms with Crippen molar-refractivity contribution in [2.24, 2.45) is 0 Å². The maximum Gasteiger partial charge on any atom is 0.338 e. The van der Waals surface area contributed by atoms with E-state index in [1.165, 1.54) is 37.4 Å². The average molecular weight is 516 g/mol. The van der Waals surface area contributed by atoms with Gasteiger partial charge in [0.1, 0.15) is 11.4 Å². The van der Waals surface area contributed by atoms with E-state index < -0.39 is 35.3 Å². The van der Waals surface area contributed by atoms with Gasteiger partial charge in [-0.3, -0.25) is 24.5 Å². The van der Waals surface area contributed by atoms with Crippen LogP contribution in [0.3, 0.4) is 0 Å². The summed E-state index contributed by atoms with van der Waals surface area (Å²) in [7, 11) is 1.37. The molecule has 0 spiro atoms. The van der Waals surface area contributed by atoms with Crippen LogP contribution < -0.4 is 15.4 Å². The van der Waals surface area contributed by atoms with Gasteiger partial charge < -0.3 is 24.8 Å². The highest BCUT2D eigenvalue weighted by atomic mass is 16.6. The van der Waals surface area contributed by atoms with Crippen molar-refractivity contribution in [2.75, 3.05) is 31.0 Å². The number of anilines is 2. The molecule has 12 heteroatoms. The van der Waals surface area contributed by atoms with Gasteiger partial charge in [0, 0.05) is 24.2 Å². The molecule has 0 aliphatic heterocycles. The number of nitro groups is 1. The molecule has 0 saturated heterocycles. The van der Waals surface area contributed by atoms with Gasteiger partial charge in [-0.25, -0.2) is 4.79 Å². The van der Waals surface area contributed by atoms with Crippen molar-refractivity contribution in [3.8, 4) is 5.75 Å². The third-order valence-corrected chi connectivity index (χ3v) is 4.98. The van der Waals surface area contributed by atoms with Crippen molar-refractivity contribution in [3.63, 3.8) is 0 Å². The van der Waals surface area contributed by atoms with Crippen LogP contribution >= 0.6 is 0 Å². The molecular weight excluding hydrogens is 486 g/mol. The average Bonchev–Trinajstić information content (AvgIpc) is 2.88. The molecule has 0 heterocycles. The lowest BCUT2D eigenvalue weighted by Crippen LogP contribution is -2.22. The summed E-state index contributed by atoms with van der Waals surface area (Å²) in [6, 6.07) is 9.95. The highest BCUT2D eigenvalue weighted by Crippen LogP contribution is 2.28. The molecule has 0 aromatic heterocycles. The van der Waals surface area contributed by atoms with Crippen LogP contribution in [0.5, 0.6) is 5.75 Å². The zero-order valence-electron chi connectivity index (χ0n) is 20.6. The van der Waals surface area contributed by atoms with Crippen LogP contribution in [0.4, 0.5) is 17.1 Å². The molecule has 0 aliphatic rings. The molecule has 0 aliphatic carbocycles. The number of hydrogen-bond donors (Lipinski definition) is 2. The normalized spacial score (nSPS) is 10.2. The third kappa shape index (κ3) is 9.96. The molecule has 2 rings (SSSR count). The van der Waals surface area contributed by atoms with Crippen LogP contribution in [0.15, 0.2) is 42.5 Å². The Balaban J connectivity index is 1.74. The van der Waals surface area contributed by atoms with Crippen LogP contribution in [-0.4, -0.2) is 49.0 Å². The fraction of sp³-hybridized carbons (Fsp3) is 0.360. The van der Waals surface area contributed by atoms with E-state index in [4.69, 9.17) is 14.2 Å². The Morgan fingerprint density at radius 2 is 1.65 bits per heavy atom. The number of methoxy groups -OCH3 is 1. The SMILES string of the molecule is CCCCCOC(=O)c1ccc(NC(=O)CCC(=O)OCC(=O)Nc2cc(OC)ccc2[N+](=O)[O-])cc1. The van der Waals surface area contributed by atoms with Gasteiger partial charge in [0.25, 0.3) is 11.6 Å². The van der Waals surface area contributed by atoms with Gasteiger partial charge in [-0.2, -0.15) is 0 Å². The molecular formula is C25H29N3O9. The van der Waals surface area contributed by atoms with Crippen LogP contribution in [0.25, 0.3) is 0 Å². The van der Waals surface area contributed by atoms with Crippen molar-refractivity contribution in [3.05, 3.63) is 58.1 Å². The van der Waals surface area contributed by atoms with E-state index >= 15 is 0 Å². The van der Waals surface area contributed by atoms with Crippen LogP contribution in [-0.2, 0) is 23.9 Å². The molecule has 0 bridgehead atoms. The Morgan fingerprint density at radius 3 is 2.30 bits per heavy atom. The molecule has 2 N–H and O–H groups in total. The second kappa shape index (κ2) is 14.8. The number of carbonyl (C=O) groups is 4. The van der Waals surface area contributed by atoms with E-state index in [1.54, 1.807) is 12.1 Å². The number of carbonyl (C=O) groups excluding carboxylic acids is 4. The first-order chi connectivity index (χ1) is 17.7. The highest BCUT2D eigenvalue weighted by Gasteiger charge is 2.18. The van der Waals surface area contributed by atoms with Crippen molar-refractivity contribution in [1.29, 1.82) is 0 Å². The molecule has 0 radical (unpaired) electrons. The predicted molar refractivity (Wildman–Crippen MR) is 133 cm³/mol. The van der Waals surface area contributed by atoms with Gasteiger partial charge in [-0.05, 0) is 36.8 Å². The van der Waals surface area contributed by atoms with E-state index in [2.05, 4.69) is 17.6 Å². The Hall–Kier alpha value is -4.48. The molecule has 2 amide bonds. The summed E-state index contributed by atoms with van der Waals surface area (Å²) in [5.74, 6) is -2.21. The molecule has 198 valence electrons. The van der Waals surface area contributed by atoms with Crippen LogP contribution in [0.1, 0.15) is 49.4 Å². The zero-order chi connectivity index (χ0) is 27.2. The minimum absolute atomic E-state index is 0.111. The first-order valence-corrected chi connectivity index (χ1v) is 11.6. The number of unbranched alkanes of at least 4 members (excludes halogenated alkanes) is 2. The number of nitrogens with zero attached hydrogens (tertiary/aromatic N) is 1. The number of nitro benzene ring substituents is 1. The lowest BCUT2D eigenvalue weighted by Gasteiger charge is -2.09. The molecule has 0 fully saturated rings. The Bertz CT molecular complexity index is 1120. The molecule has 0 atom stereocenters. The van der Waals surface area contributed by atoms with Gasteiger partial charge in [0.2, 0.25) is 5.91 Å². The second-order valence-corrected chi connectivity index (χ2v) is 7.82. The van der Waals surface area contributed by atoms with Crippen molar-refractivity contribution in [2.45, 2.75) is 39.0 Å². The number of rotatable bonds is 14. The number of hydrogen-bond acceptors (Lipinski definition) is 9. The first kappa shape index (κ1) is 28.8. The Morgan fingerprint density at radius 1 is 0.919 bits per heavy atom. The molecule has 2 aromatic carbocycles. The van der Waals surface area contributed by atoms with E-state index in [0.29, 0.717) is 23.6 Å². The quantitative estimate of drug-likeness (QED) is 0.165. The van der Waals surface area contributed by atoms with Gasteiger partial charge in [0.15, 0.2) is 6.61 Å². The number of benzene rings is 2. The van der Waals surface area contributed by atoms with E-state index in [9.17, 15) is 29.3 Å². The fourth-order valence-electron chi connectivity index (χ4n) is 3.03. The third-order valence-electron chi connectivity index (χ3n) is 4.98. The fourth-order valence-corrected chi connectivity index (χ4v) is 3.03. The van der Waals surface area contributed by atoms with Gasteiger partial charge >= 0.3 is 11.9 Å². The monoisotopic (exact) mass is 515 g/mol. The summed E-state index contributed by atoms with van der Waals surface area (Å²) < 4.78 is 15.0. The Labute approximate surface area is 213 Å². The number of esters is 2. The predicted octanol–water partition coefficient (Wildman–Crippen LogP) is 3.85. The minimum Gasteiger partial charge on any atom is -0.497 e. The maximum atomic E-state index is 12.1. The molecule has 0 unspecified atom stereocenters. The summed E-state index contributed by atoms with van der Waals surface area (Å²) in [5, 5.41) is 16.0. The summed E-state index contributed by atoms with van der Waals surface area (Å²) >= 11 is 0. The van der Waals surface area contributed by atoms with Gasteiger partial charge in [-0.15, -0.1) is 0 Å². The molecule has 37 heavy (non-hydrogen) atoms. The van der Waals surface area contributed by atoms with E-state index in [0.717, 1.165) is 19.3 Å². The molecule has 2 aromatic rings. The van der Waals surface area contributed by atoms with E-state index in [1.807, 2.05) is 0 Å². The Kier molecular flexibility index (Phi) is 11.5. The molecule has 0 saturated carbocycles. The number of ether oxygens (including phenoxy) is 3. The molecule has 12 nitrogen and oxygen atoms in total. The first-order valence-electron chi connectivity index (χ1n) is 11.6. The largest absolute Gasteiger partial charge is 0.497 e. The zero-order valence-corrected chi connectivity index (χ0v) is 20.6. The number of nitrogens with one attached hydrogen (secondary N) is 2. The summed E-state index contributed by atoms with van der Waals surface area (Å²) in [5.41, 5.74) is 0.324. The number of amides is 2.